The number of nitrogens with one attached hydrogen (secondary N) is 1. The lowest BCUT2D eigenvalue weighted by molar-refractivity contribution is -0.141. The molecule has 0 spiro atoms. The van der Waals surface area contributed by atoms with E-state index in [1.807, 2.05) is 78.6 Å². The van der Waals surface area contributed by atoms with Crippen LogP contribution in [0.2, 0.25) is 0 Å². The zero-order chi connectivity index (χ0) is 64.5. The van der Waals surface area contributed by atoms with E-state index in [0.717, 1.165) is 54.6 Å². The van der Waals surface area contributed by atoms with Gasteiger partial charge in [-0.15, -0.1) is 0 Å². The summed E-state index contributed by atoms with van der Waals surface area (Å²) in [4.78, 5) is 15.0. The maximum Gasteiger partial charge on any atom is 0.433 e. The Kier molecular flexibility index (Phi) is 26.7. The molecule has 10 nitrogen and oxygen atoms in total. The molecule has 4 atom stereocenters. The second-order valence-corrected chi connectivity index (χ2v) is 24.2. The lowest BCUT2D eigenvalue weighted by atomic mass is 9.78. The van der Waals surface area contributed by atoms with Crippen molar-refractivity contribution in [3.8, 4) is 17.2 Å². The van der Waals surface area contributed by atoms with E-state index in [1.54, 1.807) is 24.5 Å². The average Bonchev–Trinajstić information content (AvgIpc) is 1.54. The van der Waals surface area contributed by atoms with Gasteiger partial charge in [0.25, 0.3) is 0 Å². The fourth-order valence-electron chi connectivity index (χ4n) is 10.6. The van der Waals surface area contributed by atoms with Crippen LogP contribution in [0, 0.1) is 44.2 Å². The van der Waals surface area contributed by atoms with E-state index in [-0.39, 0.29) is 36.8 Å². The van der Waals surface area contributed by atoms with Gasteiger partial charge in [0.15, 0.2) is 0 Å². The highest BCUT2D eigenvalue weighted by molar-refractivity contribution is 5.35. The predicted molar refractivity (Wildman–Crippen MR) is 347 cm³/mol. The van der Waals surface area contributed by atoms with Crippen molar-refractivity contribution in [1.29, 1.82) is 0 Å². The number of aliphatic hydroxyl groups is 2. The van der Waals surface area contributed by atoms with E-state index in [2.05, 4.69) is 122 Å². The second kappa shape index (κ2) is 34.7. The summed E-state index contributed by atoms with van der Waals surface area (Å²) in [6, 6.07) is 57.6. The van der Waals surface area contributed by atoms with Gasteiger partial charge in [0, 0.05) is 51.3 Å². The van der Waals surface area contributed by atoms with E-state index in [0.29, 0.717) is 61.6 Å². The second-order valence-electron chi connectivity index (χ2n) is 24.2. The van der Waals surface area contributed by atoms with Gasteiger partial charge in [0.1, 0.15) is 65.8 Å². The summed E-state index contributed by atoms with van der Waals surface area (Å²) in [5.41, 5.74) is 10.2. The zero-order valence-electron chi connectivity index (χ0n) is 52.7. The monoisotopic (exact) mass is 1230 g/mol. The standard InChI is InChI=1S/C30H38O.C24H24F4N2O2.C21H24FN3O2/c1-23(22-31-28-16-7-6-8-17-28)19-25(20-26-14-10-9-13-24(26)2)21-27-15-11-12-18-29(27)30(3,4)5;1-17-4-2-3-5-19(17)14-30(13-18-6-11-23(29-12-18)24(26,27)28)15-21(31)16-32-22-9-7-20(25)8-10-22;1-16-4-2-3-5-17(16)12-25(14-21-23-10-11-24-21)13-19(26)15-27-20-8-6-18(22)7-9-20/h6-18,23,25H,19-22H2,1-5H3;2-12,21,31H,13-16H2,1H3;2-11,19,26H,12-15H2,1H3,(H,23,24). The molecule has 0 amide bonds. The van der Waals surface area contributed by atoms with Gasteiger partial charge in [-0.25, -0.2) is 13.8 Å². The number of halogens is 5. The number of hydrogen-bond acceptors (Lipinski definition) is 9. The predicted octanol–water partition coefficient (Wildman–Crippen LogP) is 16.1. The van der Waals surface area contributed by atoms with E-state index in [1.165, 1.54) is 82.0 Å². The molecule has 476 valence electrons. The Labute approximate surface area is 528 Å². The molecule has 0 saturated carbocycles. The quantitative estimate of drug-likeness (QED) is 0.0433. The molecule has 2 aromatic heterocycles. The van der Waals surface area contributed by atoms with Crippen molar-refractivity contribution in [1.82, 2.24) is 24.8 Å². The van der Waals surface area contributed by atoms with Gasteiger partial charge in [-0.3, -0.25) is 14.8 Å². The number of aryl methyl sites for hydroxylation is 3. The Hall–Kier alpha value is -8.21. The highest BCUT2D eigenvalue weighted by atomic mass is 19.4. The Bertz CT molecular complexity index is 3490. The number of hydrogen-bond donors (Lipinski definition) is 3. The summed E-state index contributed by atoms with van der Waals surface area (Å²) >= 11 is 0. The largest absolute Gasteiger partial charge is 0.493 e. The zero-order valence-corrected chi connectivity index (χ0v) is 52.7. The van der Waals surface area contributed by atoms with Crippen LogP contribution in [0.3, 0.4) is 0 Å². The minimum atomic E-state index is -4.49. The lowest BCUT2D eigenvalue weighted by Crippen LogP contribution is -2.35. The van der Waals surface area contributed by atoms with Crippen molar-refractivity contribution in [3.05, 3.63) is 280 Å². The Morgan fingerprint density at radius 3 is 1.43 bits per heavy atom. The van der Waals surface area contributed by atoms with Crippen molar-refractivity contribution < 1.29 is 46.4 Å². The number of pyridine rings is 1. The van der Waals surface area contributed by atoms with Crippen LogP contribution in [0.25, 0.3) is 0 Å². The molecule has 90 heavy (non-hydrogen) atoms. The van der Waals surface area contributed by atoms with Crippen molar-refractivity contribution >= 4 is 0 Å². The minimum Gasteiger partial charge on any atom is -0.493 e. The van der Waals surface area contributed by atoms with E-state index >= 15 is 0 Å². The molecule has 0 aliphatic heterocycles. The number of alkyl halides is 3. The number of benzene rings is 7. The van der Waals surface area contributed by atoms with E-state index < -0.39 is 24.1 Å². The van der Waals surface area contributed by atoms with E-state index in [9.17, 15) is 32.2 Å². The highest BCUT2D eigenvalue weighted by Crippen LogP contribution is 2.32. The summed E-state index contributed by atoms with van der Waals surface area (Å²) in [5.74, 6) is 3.15. The summed E-state index contributed by atoms with van der Waals surface area (Å²) < 4.78 is 81.5. The number of nitrogens with zero attached hydrogens (tertiary/aromatic N) is 4. The van der Waals surface area contributed by atoms with Crippen LogP contribution >= 0.6 is 0 Å². The van der Waals surface area contributed by atoms with Crippen LogP contribution in [0.1, 0.15) is 95.7 Å². The molecule has 0 aliphatic rings. The van der Waals surface area contributed by atoms with Crippen molar-refractivity contribution in [3.63, 3.8) is 0 Å². The van der Waals surface area contributed by atoms with Crippen LogP contribution in [-0.4, -0.2) is 80.1 Å². The summed E-state index contributed by atoms with van der Waals surface area (Å²) in [7, 11) is 0. The van der Waals surface area contributed by atoms with Gasteiger partial charge in [-0.1, -0.05) is 149 Å². The van der Waals surface area contributed by atoms with Gasteiger partial charge in [0.2, 0.25) is 0 Å². The van der Waals surface area contributed by atoms with Gasteiger partial charge >= 0.3 is 6.18 Å². The summed E-state index contributed by atoms with van der Waals surface area (Å²) in [5, 5.41) is 20.9. The summed E-state index contributed by atoms with van der Waals surface area (Å²) in [6.07, 6.45) is 2.03. The molecule has 0 fully saturated rings. The first-order chi connectivity index (χ1) is 43.1. The number of imidazole rings is 1. The molecule has 7 aromatic carbocycles. The summed E-state index contributed by atoms with van der Waals surface area (Å²) in [6.45, 7) is 19.2. The van der Waals surface area contributed by atoms with Crippen molar-refractivity contribution in [2.24, 2.45) is 11.8 Å². The Morgan fingerprint density at radius 2 is 0.956 bits per heavy atom. The fourth-order valence-corrected chi connectivity index (χ4v) is 10.6. The van der Waals surface area contributed by atoms with Crippen molar-refractivity contribution in [2.75, 3.05) is 32.9 Å². The van der Waals surface area contributed by atoms with Crippen LogP contribution < -0.4 is 14.2 Å². The molecule has 0 radical (unpaired) electrons. The number of aromatic nitrogens is 3. The van der Waals surface area contributed by atoms with Crippen LogP contribution in [0.4, 0.5) is 22.0 Å². The number of para-hydroxylation sites is 1. The highest BCUT2D eigenvalue weighted by Gasteiger charge is 2.32. The number of rotatable bonds is 27. The first-order valence-electron chi connectivity index (χ1n) is 30.6. The number of ether oxygens (including phenoxy) is 3. The molecule has 9 aromatic rings. The number of aliphatic hydroxyl groups excluding tert-OH is 2. The SMILES string of the molecule is Cc1ccccc1CC(Cc1ccccc1C(C)(C)C)CC(C)COc1ccccc1.Cc1ccccc1CN(Cc1ccc(C(F)(F)F)nc1)CC(O)COc1ccc(F)cc1.Cc1ccccc1CN(Cc1ncc[nH]1)CC(O)COc1ccc(F)cc1. The normalized spacial score (nSPS) is 12.9. The third kappa shape index (κ3) is 24.0. The molecule has 0 saturated heterocycles. The Balaban J connectivity index is 0.000000193. The molecule has 15 heteroatoms. The third-order valence-corrected chi connectivity index (χ3v) is 15.3. The van der Waals surface area contributed by atoms with Crippen LogP contribution in [0.5, 0.6) is 17.2 Å². The maximum atomic E-state index is 13.0. The minimum absolute atomic E-state index is 0.0127. The molecule has 3 N–H and O–H groups in total. The molecule has 0 aliphatic carbocycles. The van der Waals surface area contributed by atoms with Gasteiger partial charge in [0.05, 0.1) is 13.2 Å². The molecule has 0 bridgehead atoms. The first kappa shape index (κ1) is 69.3. The molecular weight excluding hydrogens is 1150 g/mol. The Morgan fingerprint density at radius 1 is 0.500 bits per heavy atom. The maximum absolute atomic E-state index is 13.0. The number of aromatic amines is 1. The van der Waals surface area contributed by atoms with Gasteiger partial charge < -0.3 is 29.4 Å². The van der Waals surface area contributed by atoms with Crippen LogP contribution in [-0.2, 0) is 50.6 Å². The molecular formula is C75H86F5N5O5. The van der Waals surface area contributed by atoms with Gasteiger partial charge in [-0.05, 0) is 174 Å². The molecule has 9 rings (SSSR count). The topological polar surface area (TPSA) is 116 Å². The lowest BCUT2D eigenvalue weighted by Gasteiger charge is -2.27. The molecule has 2 heterocycles. The smallest absolute Gasteiger partial charge is 0.433 e. The fraction of sp³-hybridized carbons (Fsp3) is 0.333. The van der Waals surface area contributed by atoms with Gasteiger partial charge in [-0.2, -0.15) is 13.2 Å². The first-order valence-corrected chi connectivity index (χ1v) is 30.6. The van der Waals surface area contributed by atoms with E-state index in [4.69, 9.17) is 14.2 Å². The number of H-pyrrole nitrogens is 1. The molecule has 4 unspecified atom stereocenters. The third-order valence-electron chi connectivity index (χ3n) is 15.3. The van der Waals surface area contributed by atoms with Crippen LogP contribution in [0.15, 0.2) is 207 Å². The van der Waals surface area contributed by atoms with Crippen molar-refractivity contribution in [2.45, 2.75) is 118 Å². The average molecular weight is 1230 g/mol.